The third-order valence-electron chi connectivity index (χ3n) is 3.98. The number of hydrogen-bond donors (Lipinski definition) is 1. The van der Waals surface area contributed by atoms with Crippen molar-refractivity contribution in [2.45, 2.75) is 39.7 Å². The number of hydrogen-bond acceptors (Lipinski definition) is 3. The highest BCUT2D eigenvalue weighted by Gasteiger charge is 2.29. The molecule has 1 amide bonds. The number of piperidine rings is 1. The molecular weight excluding hydrogens is 244 g/mol. The molecule has 0 bridgehead atoms. The summed E-state index contributed by atoms with van der Waals surface area (Å²) in [7, 11) is 0. The van der Waals surface area contributed by atoms with Gasteiger partial charge in [-0.3, -0.25) is 4.79 Å². The highest BCUT2D eigenvalue weighted by atomic mass is 32.1. The van der Waals surface area contributed by atoms with Crippen LogP contribution < -0.4 is 5.73 Å². The Morgan fingerprint density at radius 1 is 1.56 bits per heavy atom. The maximum absolute atomic E-state index is 12.4. The van der Waals surface area contributed by atoms with Gasteiger partial charge >= 0.3 is 0 Å². The molecule has 18 heavy (non-hydrogen) atoms. The van der Waals surface area contributed by atoms with Gasteiger partial charge in [-0.1, -0.05) is 13.3 Å². The Balaban J connectivity index is 2.10. The van der Waals surface area contributed by atoms with E-state index in [0.717, 1.165) is 30.8 Å². The van der Waals surface area contributed by atoms with Crippen molar-refractivity contribution in [3.8, 4) is 0 Å². The minimum Gasteiger partial charge on any atom is -0.338 e. The van der Waals surface area contributed by atoms with Gasteiger partial charge in [-0.2, -0.15) is 0 Å². The van der Waals surface area contributed by atoms with Crippen molar-refractivity contribution in [2.24, 2.45) is 11.7 Å². The third kappa shape index (κ3) is 2.59. The van der Waals surface area contributed by atoms with Gasteiger partial charge < -0.3 is 10.6 Å². The molecule has 3 nitrogen and oxygen atoms in total. The van der Waals surface area contributed by atoms with E-state index in [9.17, 15) is 4.79 Å². The molecule has 1 aliphatic rings. The van der Waals surface area contributed by atoms with Crippen LogP contribution in [0.1, 0.15) is 39.9 Å². The van der Waals surface area contributed by atoms with Gasteiger partial charge in [-0.05, 0) is 37.8 Å². The fourth-order valence-electron chi connectivity index (χ4n) is 2.50. The Labute approximate surface area is 113 Å². The highest BCUT2D eigenvalue weighted by Crippen LogP contribution is 2.25. The van der Waals surface area contributed by atoms with Gasteiger partial charge in [0.2, 0.25) is 0 Å². The van der Waals surface area contributed by atoms with Gasteiger partial charge in [0, 0.05) is 24.0 Å². The molecular formula is C14H22N2OS. The Hall–Kier alpha value is -0.870. The molecule has 2 N–H and O–H groups in total. The van der Waals surface area contributed by atoms with Gasteiger partial charge in [0.25, 0.3) is 5.91 Å². The number of rotatable bonds is 2. The average molecular weight is 266 g/mol. The summed E-state index contributed by atoms with van der Waals surface area (Å²) >= 11 is 1.60. The van der Waals surface area contributed by atoms with Crippen LogP contribution in [0, 0.1) is 19.8 Å². The van der Waals surface area contributed by atoms with Crippen LogP contribution in [0.4, 0.5) is 0 Å². The summed E-state index contributed by atoms with van der Waals surface area (Å²) in [5.41, 5.74) is 7.30. The minimum absolute atomic E-state index is 0.182. The first kappa shape index (κ1) is 13.6. The summed E-state index contributed by atoms with van der Waals surface area (Å²) in [6, 6.07) is 2.27. The number of aryl methyl sites for hydroxylation is 2. The lowest BCUT2D eigenvalue weighted by atomic mass is 9.90. The lowest BCUT2D eigenvalue weighted by Crippen LogP contribution is -2.48. The molecule has 4 heteroatoms. The number of nitrogens with two attached hydrogens (primary N) is 1. The van der Waals surface area contributed by atoms with E-state index in [0.29, 0.717) is 5.92 Å². The molecule has 1 aromatic rings. The standard InChI is InChI=1S/C14H22N2OS/c1-4-11-8-16(6-5-12(11)15)14(17)13-7-9(2)10(3)18-13/h7,11-12H,4-6,8,15H2,1-3H3. The number of nitrogens with zero attached hydrogens (tertiary/aromatic N) is 1. The number of carbonyl (C=O) groups is 1. The SMILES string of the molecule is CCC1CN(C(=O)c2cc(C)c(C)s2)CCC1N. The van der Waals surface area contributed by atoms with E-state index in [1.54, 1.807) is 11.3 Å². The van der Waals surface area contributed by atoms with Crippen molar-refractivity contribution >= 4 is 17.2 Å². The molecule has 0 spiro atoms. The normalized spacial score (nSPS) is 24.3. The van der Waals surface area contributed by atoms with Crippen LogP contribution in [0.2, 0.25) is 0 Å². The summed E-state index contributed by atoms with van der Waals surface area (Å²) in [5, 5.41) is 0. The van der Waals surface area contributed by atoms with Gasteiger partial charge in [-0.25, -0.2) is 0 Å². The van der Waals surface area contributed by atoms with Crippen molar-refractivity contribution in [2.75, 3.05) is 13.1 Å². The van der Waals surface area contributed by atoms with Gasteiger partial charge in [-0.15, -0.1) is 11.3 Å². The molecule has 1 saturated heterocycles. The number of carbonyl (C=O) groups excluding carboxylic acids is 1. The van der Waals surface area contributed by atoms with Crippen LogP contribution in [-0.2, 0) is 0 Å². The van der Waals surface area contributed by atoms with Crippen LogP contribution in [0.15, 0.2) is 6.07 Å². The van der Waals surface area contributed by atoms with Gasteiger partial charge in [0.05, 0.1) is 4.88 Å². The summed E-state index contributed by atoms with van der Waals surface area (Å²) in [6.07, 6.45) is 1.97. The van der Waals surface area contributed by atoms with Crippen molar-refractivity contribution in [3.63, 3.8) is 0 Å². The van der Waals surface area contributed by atoms with Crippen molar-refractivity contribution in [3.05, 3.63) is 21.4 Å². The third-order valence-corrected chi connectivity index (χ3v) is 5.12. The van der Waals surface area contributed by atoms with E-state index in [2.05, 4.69) is 20.8 Å². The quantitative estimate of drug-likeness (QED) is 0.894. The molecule has 2 atom stereocenters. The fourth-order valence-corrected chi connectivity index (χ4v) is 3.50. The lowest BCUT2D eigenvalue weighted by molar-refractivity contribution is 0.0654. The molecule has 2 rings (SSSR count). The number of amides is 1. The van der Waals surface area contributed by atoms with Crippen LogP contribution in [0.3, 0.4) is 0 Å². The van der Waals surface area contributed by atoms with Crippen LogP contribution >= 0.6 is 11.3 Å². The van der Waals surface area contributed by atoms with Crippen LogP contribution in [-0.4, -0.2) is 29.9 Å². The van der Waals surface area contributed by atoms with Crippen LogP contribution in [0.25, 0.3) is 0 Å². The van der Waals surface area contributed by atoms with E-state index < -0.39 is 0 Å². The van der Waals surface area contributed by atoms with E-state index >= 15 is 0 Å². The second kappa shape index (κ2) is 5.41. The van der Waals surface area contributed by atoms with Crippen molar-refractivity contribution in [1.29, 1.82) is 0 Å². The van der Waals surface area contributed by atoms with Gasteiger partial charge in [0.15, 0.2) is 0 Å². The highest BCUT2D eigenvalue weighted by molar-refractivity contribution is 7.14. The number of thiophene rings is 1. The fraction of sp³-hybridized carbons (Fsp3) is 0.643. The zero-order chi connectivity index (χ0) is 13.3. The lowest BCUT2D eigenvalue weighted by Gasteiger charge is -2.36. The van der Waals surface area contributed by atoms with E-state index in [4.69, 9.17) is 5.73 Å². The van der Waals surface area contributed by atoms with E-state index in [-0.39, 0.29) is 11.9 Å². The zero-order valence-electron chi connectivity index (χ0n) is 11.4. The maximum atomic E-state index is 12.4. The minimum atomic E-state index is 0.182. The molecule has 2 heterocycles. The summed E-state index contributed by atoms with van der Waals surface area (Å²) in [4.78, 5) is 16.5. The maximum Gasteiger partial charge on any atom is 0.263 e. The zero-order valence-corrected chi connectivity index (χ0v) is 12.2. The Morgan fingerprint density at radius 3 is 2.83 bits per heavy atom. The summed E-state index contributed by atoms with van der Waals surface area (Å²) < 4.78 is 0. The largest absolute Gasteiger partial charge is 0.338 e. The van der Waals surface area contributed by atoms with E-state index in [1.807, 2.05) is 11.0 Å². The molecule has 0 aliphatic carbocycles. The average Bonchev–Trinajstić information content (AvgIpc) is 2.69. The predicted molar refractivity (Wildman–Crippen MR) is 76.1 cm³/mol. The first-order chi connectivity index (χ1) is 8.52. The molecule has 100 valence electrons. The molecule has 0 aromatic carbocycles. The molecule has 0 saturated carbocycles. The first-order valence-electron chi connectivity index (χ1n) is 6.64. The van der Waals surface area contributed by atoms with E-state index in [1.165, 1.54) is 10.4 Å². The molecule has 2 unspecified atom stereocenters. The molecule has 1 aliphatic heterocycles. The molecule has 1 aromatic heterocycles. The Kier molecular flexibility index (Phi) is 4.07. The second-order valence-corrected chi connectivity index (χ2v) is 6.48. The molecule has 0 radical (unpaired) electrons. The summed E-state index contributed by atoms with van der Waals surface area (Å²) in [6.45, 7) is 7.89. The number of likely N-dealkylation sites (tertiary alicyclic amines) is 1. The predicted octanol–water partition coefficient (Wildman–Crippen LogP) is 2.56. The first-order valence-corrected chi connectivity index (χ1v) is 7.46. The topological polar surface area (TPSA) is 46.3 Å². The Bertz CT molecular complexity index is 422. The monoisotopic (exact) mass is 266 g/mol. The summed E-state index contributed by atoms with van der Waals surface area (Å²) in [5.74, 6) is 0.631. The van der Waals surface area contributed by atoms with Crippen molar-refractivity contribution in [1.82, 2.24) is 4.90 Å². The Morgan fingerprint density at radius 2 is 2.28 bits per heavy atom. The van der Waals surface area contributed by atoms with Crippen molar-refractivity contribution < 1.29 is 4.79 Å². The van der Waals surface area contributed by atoms with Crippen LogP contribution in [0.5, 0.6) is 0 Å². The smallest absolute Gasteiger partial charge is 0.263 e. The molecule has 1 fully saturated rings. The van der Waals surface area contributed by atoms with Gasteiger partial charge in [0.1, 0.15) is 0 Å². The second-order valence-electron chi connectivity index (χ2n) is 5.22.